The van der Waals surface area contributed by atoms with Crippen LogP contribution in [0.3, 0.4) is 0 Å². The first-order valence-corrected chi connectivity index (χ1v) is 9.26. The molecule has 1 amide bonds. The van der Waals surface area contributed by atoms with Crippen LogP contribution in [-0.4, -0.2) is 52.3 Å². The van der Waals surface area contributed by atoms with E-state index in [1.807, 2.05) is 0 Å². The number of aromatic nitrogens is 3. The van der Waals surface area contributed by atoms with Gasteiger partial charge in [0.25, 0.3) is 0 Å². The zero-order chi connectivity index (χ0) is 14.8. The maximum atomic E-state index is 11.5. The highest BCUT2D eigenvalue weighted by molar-refractivity contribution is 8.23. The van der Waals surface area contributed by atoms with Crippen LogP contribution in [0.4, 0.5) is 0 Å². The number of nitrogens with one attached hydrogen (secondary N) is 1. The van der Waals surface area contributed by atoms with Gasteiger partial charge in [-0.3, -0.25) is 9.69 Å². The molecular formula is C11H12N4O3S3. The Labute approximate surface area is 133 Å². The van der Waals surface area contributed by atoms with Crippen molar-refractivity contribution in [3.8, 4) is 0 Å². The Hall–Kier alpha value is -1.13. The molecule has 3 heterocycles. The molecule has 2 atom stereocenters. The fourth-order valence-electron chi connectivity index (χ4n) is 2.01. The highest BCUT2D eigenvalue weighted by Gasteiger charge is 2.45. The predicted octanol–water partition coefficient (Wildman–Crippen LogP) is 1.33. The van der Waals surface area contributed by atoms with Crippen molar-refractivity contribution >= 4 is 47.2 Å². The molecule has 1 saturated heterocycles. The second-order valence-corrected chi connectivity index (χ2v) is 8.48. The Kier molecular flexibility index (Phi) is 4.45. The summed E-state index contributed by atoms with van der Waals surface area (Å²) in [6, 6.07) is 0. The third kappa shape index (κ3) is 3.22. The summed E-state index contributed by atoms with van der Waals surface area (Å²) in [5, 5.41) is 20.3. The molecule has 112 valence electrons. The number of fused-ring (bicyclic) bond motifs is 1. The van der Waals surface area contributed by atoms with Crippen LogP contribution in [0.2, 0.25) is 0 Å². The van der Waals surface area contributed by atoms with E-state index >= 15 is 0 Å². The van der Waals surface area contributed by atoms with Gasteiger partial charge in [-0.1, -0.05) is 0 Å². The van der Waals surface area contributed by atoms with E-state index in [-0.39, 0.29) is 21.6 Å². The maximum Gasteiger partial charge on any atom is 0.352 e. The minimum absolute atomic E-state index is 0.0216. The van der Waals surface area contributed by atoms with E-state index < -0.39 is 5.97 Å². The zero-order valence-electron chi connectivity index (χ0n) is 10.8. The summed E-state index contributed by atoms with van der Waals surface area (Å²) in [7, 11) is 0. The normalized spacial score (nSPS) is 24.3. The van der Waals surface area contributed by atoms with Crippen molar-refractivity contribution in [3.63, 3.8) is 0 Å². The number of H-pyrrole nitrogens is 1. The fourth-order valence-corrected chi connectivity index (χ4v) is 6.14. The standard InChI is InChI=1S/C11H12N4O3S3/c16-8-2-9-15(8)7(11(17)18)1-10(21-9)20-5-19-4-6-3-12-14-13-6/h1,3,9-10H,2,4-5H2,(H,17,18)(H,12,13,14)/t9-,10?/m1/s1. The van der Waals surface area contributed by atoms with Crippen LogP contribution in [0.5, 0.6) is 0 Å². The fraction of sp³-hybridized carbons (Fsp3) is 0.455. The molecule has 2 aliphatic rings. The molecule has 0 spiro atoms. The smallest absolute Gasteiger partial charge is 0.352 e. The van der Waals surface area contributed by atoms with Gasteiger partial charge in [-0.25, -0.2) is 4.79 Å². The molecular weight excluding hydrogens is 332 g/mol. The first kappa shape index (κ1) is 14.8. The maximum absolute atomic E-state index is 11.5. The Morgan fingerprint density at radius 2 is 2.48 bits per heavy atom. The second-order valence-electron chi connectivity index (χ2n) is 4.38. The van der Waals surface area contributed by atoms with Crippen molar-refractivity contribution in [1.29, 1.82) is 0 Å². The lowest BCUT2D eigenvalue weighted by Gasteiger charge is -2.44. The van der Waals surface area contributed by atoms with E-state index in [2.05, 4.69) is 15.4 Å². The quantitative estimate of drug-likeness (QED) is 0.453. The number of aliphatic carboxylic acids is 1. The Morgan fingerprint density at radius 3 is 3.14 bits per heavy atom. The molecule has 21 heavy (non-hydrogen) atoms. The average molecular weight is 344 g/mol. The molecule has 3 rings (SSSR count). The number of rotatable bonds is 6. The second kappa shape index (κ2) is 6.32. The molecule has 1 aromatic rings. The van der Waals surface area contributed by atoms with Crippen LogP contribution >= 0.6 is 35.3 Å². The number of hydrogen-bond donors (Lipinski definition) is 2. The largest absolute Gasteiger partial charge is 0.477 e. The first-order valence-electron chi connectivity index (χ1n) is 6.12. The van der Waals surface area contributed by atoms with Crippen LogP contribution in [0.1, 0.15) is 12.1 Å². The van der Waals surface area contributed by atoms with Crippen molar-refractivity contribution in [3.05, 3.63) is 23.7 Å². The van der Waals surface area contributed by atoms with E-state index in [1.165, 1.54) is 4.90 Å². The van der Waals surface area contributed by atoms with Crippen molar-refractivity contribution in [2.75, 3.05) is 5.08 Å². The number of carboxylic acids is 1. The SMILES string of the molecule is O=C(O)C1=CC(SCSCc2cn[nH]n2)S[C@@H]2CC(=O)N12. The molecule has 1 fully saturated rings. The summed E-state index contributed by atoms with van der Waals surface area (Å²) in [4.78, 5) is 24.1. The summed E-state index contributed by atoms with van der Waals surface area (Å²) in [5.74, 6) is -0.371. The summed E-state index contributed by atoms with van der Waals surface area (Å²) in [5.41, 5.74) is 1.02. The molecule has 0 aliphatic carbocycles. The lowest BCUT2D eigenvalue weighted by molar-refractivity contribution is -0.146. The summed E-state index contributed by atoms with van der Waals surface area (Å²) in [6.07, 6.45) is 3.79. The van der Waals surface area contributed by atoms with Crippen molar-refractivity contribution in [2.45, 2.75) is 22.1 Å². The van der Waals surface area contributed by atoms with E-state index in [4.69, 9.17) is 0 Å². The van der Waals surface area contributed by atoms with Crippen LogP contribution in [-0.2, 0) is 15.3 Å². The number of nitrogens with zero attached hydrogens (tertiary/aromatic N) is 3. The van der Waals surface area contributed by atoms with Gasteiger partial charge in [-0.15, -0.1) is 35.3 Å². The van der Waals surface area contributed by atoms with E-state index in [9.17, 15) is 14.7 Å². The van der Waals surface area contributed by atoms with Gasteiger partial charge in [0.15, 0.2) is 0 Å². The minimum Gasteiger partial charge on any atom is -0.477 e. The van der Waals surface area contributed by atoms with Gasteiger partial charge < -0.3 is 5.11 Å². The van der Waals surface area contributed by atoms with Gasteiger partial charge in [-0.2, -0.15) is 15.4 Å². The Bertz CT molecular complexity index is 577. The van der Waals surface area contributed by atoms with Crippen molar-refractivity contribution in [2.24, 2.45) is 0 Å². The van der Waals surface area contributed by atoms with Gasteiger partial charge in [0.2, 0.25) is 5.91 Å². The number of amides is 1. The topological polar surface area (TPSA) is 99.2 Å². The number of β-lactam (4-membered cyclic amide) rings is 1. The van der Waals surface area contributed by atoms with Gasteiger partial charge >= 0.3 is 5.97 Å². The average Bonchev–Trinajstić information content (AvgIpc) is 2.95. The zero-order valence-corrected chi connectivity index (χ0v) is 13.2. The molecule has 0 saturated carbocycles. The molecule has 2 aliphatic heterocycles. The molecule has 10 heteroatoms. The van der Waals surface area contributed by atoms with Crippen LogP contribution in [0.15, 0.2) is 18.0 Å². The molecule has 2 N–H and O–H groups in total. The molecule has 0 bridgehead atoms. The van der Waals surface area contributed by atoms with Crippen LogP contribution in [0, 0.1) is 0 Å². The van der Waals surface area contributed by atoms with E-state index in [1.54, 1.807) is 47.6 Å². The van der Waals surface area contributed by atoms with E-state index in [0.717, 1.165) is 16.5 Å². The number of aromatic amines is 1. The lowest BCUT2D eigenvalue weighted by Crippen LogP contribution is -2.53. The molecule has 0 radical (unpaired) electrons. The number of carbonyl (C=O) groups is 2. The third-order valence-electron chi connectivity index (χ3n) is 3.00. The van der Waals surface area contributed by atoms with Gasteiger partial charge in [0.1, 0.15) is 5.70 Å². The molecule has 1 aromatic heterocycles. The number of thioether (sulfide) groups is 3. The molecule has 0 aromatic carbocycles. The van der Waals surface area contributed by atoms with Gasteiger partial charge in [0, 0.05) is 10.8 Å². The summed E-state index contributed by atoms with van der Waals surface area (Å²) in [6.45, 7) is 0. The summed E-state index contributed by atoms with van der Waals surface area (Å²) < 4.78 is 0.0651. The summed E-state index contributed by atoms with van der Waals surface area (Å²) >= 11 is 5.01. The van der Waals surface area contributed by atoms with Crippen molar-refractivity contribution < 1.29 is 14.7 Å². The predicted molar refractivity (Wildman–Crippen MR) is 82.5 cm³/mol. The molecule has 1 unspecified atom stereocenters. The monoisotopic (exact) mass is 344 g/mol. The highest BCUT2D eigenvalue weighted by atomic mass is 32.2. The number of carbonyl (C=O) groups excluding carboxylic acids is 1. The highest BCUT2D eigenvalue weighted by Crippen LogP contribution is 2.44. The van der Waals surface area contributed by atoms with Gasteiger partial charge in [-0.05, 0) is 6.08 Å². The third-order valence-corrected chi connectivity index (χ3v) is 7.01. The van der Waals surface area contributed by atoms with Gasteiger partial charge in [0.05, 0.1) is 28.3 Å². The lowest BCUT2D eigenvalue weighted by atomic mass is 10.1. The molecule has 7 nitrogen and oxygen atoms in total. The van der Waals surface area contributed by atoms with E-state index in [0.29, 0.717) is 6.42 Å². The number of hydrogen-bond acceptors (Lipinski definition) is 7. The van der Waals surface area contributed by atoms with Crippen molar-refractivity contribution in [1.82, 2.24) is 20.3 Å². The van der Waals surface area contributed by atoms with Crippen LogP contribution < -0.4 is 0 Å². The minimum atomic E-state index is -1.03. The Balaban J connectivity index is 1.52. The van der Waals surface area contributed by atoms with Crippen LogP contribution in [0.25, 0.3) is 0 Å². The Morgan fingerprint density at radius 1 is 1.62 bits per heavy atom. The first-order chi connectivity index (χ1) is 10.1. The number of carboxylic acid groups (broad SMARTS) is 1.